The summed E-state index contributed by atoms with van der Waals surface area (Å²) in [5.74, 6) is 0.437. The van der Waals surface area contributed by atoms with E-state index in [0.717, 1.165) is 13.1 Å². The van der Waals surface area contributed by atoms with Crippen molar-refractivity contribution in [1.29, 1.82) is 0 Å². The molecule has 98 valence electrons. The minimum Gasteiger partial charge on any atom is -0.334 e. The van der Waals surface area contributed by atoms with Gasteiger partial charge >= 0.3 is 0 Å². The summed E-state index contributed by atoms with van der Waals surface area (Å²) in [6.45, 7) is 6.05. The van der Waals surface area contributed by atoms with Crippen molar-refractivity contribution in [1.82, 2.24) is 15.1 Å². The Balaban J connectivity index is 2.12. The van der Waals surface area contributed by atoms with Crippen molar-refractivity contribution in [3.8, 4) is 0 Å². The van der Waals surface area contributed by atoms with E-state index in [1.807, 2.05) is 20.9 Å². The van der Waals surface area contributed by atoms with E-state index >= 15 is 0 Å². The molecule has 0 aromatic rings. The lowest BCUT2D eigenvalue weighted by atomic mass is 10.1. The van der Waals surface area contributed by atoms with Gasteiger partial charge in [0.2, 0.25) is 5.91 Å². The maximum Gasteiger partial charge on any atom is 0.225 e. The number of nitrogens with one attached hydrogen (secondary N) is 1. The van der Waals surface area contributed by atoms with Gasteiger partial charge in [-0.15, -0.1) is 0 Å². The quantitative estimate of drug-likeness (QED) is 0.777. The Morgan fingerprint density at radius 1 is 1.35 bits per heavy atom. The number of hydrogen-bond donors (Lipinski definition) is 1. The summed E-state index contributed by atoms with van der Waals surface area (Å²) in [5.41, 5.74) is 0. The number of carbonyl (C=O) groups is 1. The molecule has 1 saturated heterocycles. The molecule has 0 radical (unpaired) electrons. The molecule has 17 heavy (non-hydrogen) atoms. The third-order valence-electron chi connectivity index (χ3n) is 3.89. The molecule has 1 heterocycles. The molecule has 1 amide bonds. The third kappa shape index (κ3) is 2.63. The van der Waals surface area contributed by atoms with E-state index in [1.54, 1.807) is 0 Å². The van der Waals surface area contributed by atoms with E-state index in [4.69, 9.17) is 0 Å². The second-order valence-corrected chi connectivity index (χ2v) is 5.82. The summed E-state index contributed by atoms with van der Waals surface area (Å²) in [4.78, 5) is 16.8. The molecular weight excluding hydrogens is 214 g/mol. The van der Waals surface area contributed by atoms with Gasteiger partial charge in [0.15, 0.2) is 0 Å². The van der Waals surface area contributed by atoms with Gasteiger partial charge in [0.1, 0.15) is 0 Å². The number of nitrogens with zero attached hydrogens (tertiary/aromatic N) is 2. The Hall–Kier alpha value is -0.610. The maximum absolute atomic E-state index is 12.4. The average Bonchev–Trinajstić information content (AvgIpc) is 3.02. The topological polar surface area (TPSA) is 35.6 Å². The number of rotatable bonds is 4. The third-order valence-corrected chi connectivity index (χ3v) is 3.89. The molecular formula is C13H25N3O. The fraction of sp³-hybridized carbons (Fsp3) is 0.923. The molecule has 4 heteroatoms. The van der Waals surface area contributed by atoms with E-state index in [-0.39, 0.29) is 5.92 Å². The number of likely N-dealkylation sites (N-methyl/N-ethyl adjacent to an activating group) is 2. The summed E-state index contributed by atoms with van der Waals surface area (Å²) in [7, 11) is 4.14. The first-order valence-electron chi connectivity index (χ1n) is 6.72. The number of amides is 1. The van der Waals surface area contributed by atoms with Gasteiger partial charge in [-0.2, -0.15) is 0 Å². The second-order valence-electron chi connectivity index (χ2n) is 5.82. The fourth-order valence-corrected chi connectivity index (χ4v) is 2.81. The molecule has 0 aromatic heterocycles. The van der Waals surface area contributed by atoms with Crippen LogP contribution >= 0.6 is 0 Å². The van der Waals surface area contributed by atoms with Crippen LogP contribution in [0, 0.1) is 5.92 Å². The predicted octanol–water partition coefficient (Wildman–Crippen LogP) is 0.535. The molecule has 1 aliphatic carbocycles. The van der Waals surface area contributed by atoms with Crippen molar-refractivity contribution in [3.05, 3.63) is 0 Å². The maximum atomic E-state index is 12.4. The standard InChI is InChI=1S/C13H25N3O/c1-9(2)13(17)16(10-5-6-10)12-8-15(4)7-11(12)14-3/h9-12,14H,5-8H2,1-4H3. The van der Waals surface area contributed by atoms with Gasteiger partial charge in [-0.05, 0) is 26.9 Å². The summed E-state index contributed by atoms with van der Waals surface area (Å²) in [5, 5.41) is 3.37. The highest BCUT2D eigenvalue weighted by molar-refractivity contribution is 5.79. The molecule has 1 aliphatic heterocycles. The van der Waals surface area contributed by atoms with Gasteiger partial charge in [-0.1, -0.05) is 13.8 Å². The van der Waals surface area contributed by atoms with Crippen molar-refractivity contribution in [3.63, 3.8) is 0 Å². The Labute approximate surface area is 104 Å². The smallest absolute Gasteiger partial charge is 0.225 e. The normalized spacial score (nSPS) is 29.9. The van der Waals surface area contributed by atoms with Gasteiger partial charge in [-0.3, -0.25) is 4.79 Å². The summed E-state index contributed by atoms with van der Waals surface area (Å²) in [6, 6.07) is 1.29. The Morgan fingerprint density at radius 3 is 2.47 bits per heavy atom. The molecule has 1 saturated carbocycles. The fourth-order valence-electron chi connectivity index (χ4n) is 2.81. The van der Waals surface area contributed by atoms with Crippen LogP contribution in [0.5, 0.6) is 0 Å². The van der Waals surface area contributed by atoms with Gasteiger partial charge in [-0.25, -0.2) is 0 Å². The molecule has 0 aromatic carbocycles. The predicted molar refractivity (Wildman–Crippen MR) is 68.8 cm³/mol. The molecule has 0 spiro atoms. The first kappa shape index (κ1) is 12.8. The summed E-state index contributed by atoms with van der Waals surface area (Å²) < 4.78 is 0. The number of likely N-dealkylation sites (tertiary alicyclic amines) is 1. The largest absolute Gasteiger partial charge is 0.334 e. The SMILES string of the molecule is CNC1CN(C)CC1N(C(=O)C(C)C)C1CC1. The minimum absolute atomic E-state index is 0.110. The van der Waals surface area contributed by atoms with E-state index in [9.17, 15) is 4.79 Å². The lowest BCUT2D eigenvalue weighted by Crippen LogP contribution is -2.53. The number of carbonyl (C=O) groups excluding carboxylic acids is 1. The average molecular weight is 239 g/mol. The zero-order valence-electron chi connectivity index (χ0n) is 11.4. The van der Waals surface area contributed by atoms with Gasteiger partial charge in [0.25, 0.3) is 0 Å². The van der Waals surface area contributed by atoms with Crippen LogP contribution in [0.1, 0.15) is 26.7 Å². The van der Waals surface area contributed by atoms with Crippen molar-refractivity contribution in [2.45, 2.75) is 44.8 Å². The molecule has 0 bridgehead atoms. The molecule has 2 aliphatic rings. The van der Waals surface area contributed by atoms with Crippen LogP contribution < -0.4 is 5.32 Å². The van der Waals surface area contributed by atoms with E-state index < -0.39 is 0 Å². The molecule has 2 unspecified atom stereocenters. The van der Waals surface area contributed by atoms with Crippen LogP contribution in [0.25, 0.3) is 0 Å². The molecule has 4 nitrogen and oxygen atoms in total. The van der Waals surface area contributed by atoms with Crippen LogP contribution in [-0.2, 0) is 4.79 Å². The molecule has 2 fully saturated rings. The van der Waals surface area contributed by atoms with Crippen LogP contribution in [0.3, 0.4) is 0 Å². The lowest BCUT2D eigenvalue weighted by molar-refractivity contribution is -0.137. The van der Waals surface area contributed by atoms with Crippen molar-refractivity contribution in [2.24, 2.45) is 5.92 Å². The molecule has 2 rings (SSSR count). The highest BCUT2D eigenvalue weighted by atomic mass is 16.2. The highest BCUT2D eigenvalue weighted by Crippen LogP contribution is 2.32. The van der Waals surface area contributed by atoms with E-state index in [0.29, 0.717) is 24.0 Å². The van der Waals surface area contributed by atoms with Crippen LogP contribution in [-0.4, -0.2) is 61.0 Å². The summed E-state index contributed by atoms with van der Waals surface area (Å²) in [6.07, 6.45) is 2.38. The van der Waals surface area contributed by atoms with Crippen LogP contribution in [0.2, 0.25) is 0 Å². The van der Waals surface area contributed by atoms with Gasteiger partial charge < -0.3 is 15.1 Å². The van der Waals surface area contributed by atoms with Gasteiger partial charge in [0.05, 0.1) is 6.04 Å². The van der Waals surface area contributed by atoms with Crippen molar-refractivity contribution in [2.75, 3.05) is 27.2 Å². The Kier molecular flexibility index (Phi) is 3.73. The Bertz CT molecular complexity index is 288. The van der Waals surface area contributed by atoms with Gasteiger partial charge in [0, 0.05) is 31.1 Å². The highest BCUT2D eigenvalue weighted by Gasteiger charge is 2.43. The lowest BCUT2D eigenvalue weighted by Gasteiger charge is -2.34. The Morgan fingerprint density at radius 2 is 2.00 bits per heavy atom. The zero-order valence-corrected chi connectivity index (χ0v) is 11.4. The van der Waals surface area contributed by atoms with Crippen LogP contribution in [0.15, 0.2) is 0 Å². The van der Waals surface area contributed by atoms with E-state index in [2.05, 4.69) is 22.2 Å². The number of hydrogen-bond acceptors (Lipinski definition) is 3. The minimum atomic E-state index is 0.110. The van der Waals surface area contributed by atoms with Crippen molar-refractivity contribution >= 4 is 5.91 Å². The second kappa shape index (κ2) is 4.94. The molecule has 2 atom stereocenters. The van der Waals surface area contributed by atoms with Crippen molar-refractivity contribution < 1.29 is 4.79 Å². The summed E-state index contributed by atoms with van der Waals surface area (Å²) >= 11 is 0. The molecule has 1 N–H and O–H groups in total. The zero-order chi connectivity index (χ0) is 12.6. The first-order chi connectivity index (χ1) is 8.04. The monoisotopic (exact) mass is 239 g/mol. The van der Waals surface area contributed by atoms with Crippen LogP contribution in [0.4, 0.5) is 0 Å². The first-order valence-corrected chi connectivity index (χ1v) is 6.72. The van der Waals surface area contributed by atoms with E-state index in [1.165, 1.54) is 12.8 Å².